The molecule has 0 aliphatic heterocycles. The lowest BCUT2D eigenvalue weighted by atomic mass is 9.94. The Balaban J connectivity index is 2.48. The first kappa shape index (κ1) is 10.6. The van der Waals surface area contributed by atoms with E-state index in [4.69, 9.17) is 4.74 Å². The summed E-state index contributed by atoms with van der Waals surface area (Å²) in [5, 5.41) is 0. The Morgan fingerprint density at radius 1 is 1.50 bits per heavy atom. The van der Waals surface area contributed by atoms with Crippen molar-refractivity contribution in [3.63, 3.8) is 0 Å². The summed E-state index contributed by atoms with van der Waals surface area (Å²) in [4.78, 5) is 0. The van der Waals surface area contributed by atoms with Gasteiger partial charge in [-0.1, -0.05) is 29.0 Å². The average molecular weight is 290 g/mol. The third-order valence-corrected chi connectivity index (χ3v) is 2.34. The lowest BCUT2D eigenvalue weighted by molar-refractivity contribution is -0.158. The van der Waals surface area contributed by atoms with Crippen LogP contribution < -0.4 is 0 Å². The maximum atomic E-state index is 13.1. The van der Waals surface area contributed by atoms with E-state index in [1.807, 2.05) is 22.6 Å². The molecule has 1 saturated carbocycles. The van der Waals surface area contributed by atoms with Crippen LogP contribution in [0.4, 0.5) is 8.78 Å². The molecule has 12 heavy (non-hydrogen) atoms. The van der Waals surface area contributed by atoms with Gasteiger partial charge in [0.1, 0.15) is 10.2 Å². The lowest BCUT2D eigenvalue weighted by Gasteiger charge is -2.31. The molecule has 2 atom stereocenters. The van der Waals surface area contributed by atoms with Gasteiger partial charge >= 0.3 is 0 Å². The highest BCUT2D eigenvalue weighted by molar-refractivity contribution is 14.1. The second-order valence-electron chi connectivity index (χ2n) is 3.17. The molecule has 0 spiro atoms. The Hall–Kier alpha value is 0.550. The maximum absolute atomic E-state index is 13.1. The van der Waals surface area contributed by atoms with Gasteiger partial charge in [-0.2, -0.15) is 0 Å². The van der Waals surface area contributed by atoms with Gasteiger partial charge in [-0.15, -0.1) is 0 Å². The van der Waals surface area contributed by atoms with E-state index in [-0.39, 0.29) is 10.5 Å². The van der Waals surface area contributed by atoms with Crippen LogP contribution in [0.1, 0.15) is 32.6 Å². The zero-order valence-corrected chi connectivity index (χ0v) is 9.18. The van der Waals surface area contributed by atoms with Crippen LogP contribution in [0, 0.1) is 0 Å². The molecule has 4 heteroatoms. The van der Waals surface area contributed by atoms with Crippen molar-refractivity contribution in [3.8, 4) is 0 Å². The average Bonchev–Trinajstić information content (AvgIpc) is 1.92. The summed E-state index contributed by atoms with van der Waals surface area (Å²) in [7, 11) is 0. The predicted octanol–water partition coefficient (Wildman–Crippen LogP) is 3.36. The Morgan fingerprint density at radius 2 is 2.17 bits per heavy atom. The Labute approximate surface area is 85.0 Å². The van der Waals surface area contributed by atoms with Gasteiger partial charge in [0.25, 0.3) is 5.92 Å². The molecule has 1 rings (SSSR count). The van der Waals surface area contributed by atoms with Crippen molar-refractivity contribution in [2.75, 3.05) is 0 Å². The van der Waals surface area contributed by atoms with E-state index in [9.17, 15) is 8.78 Å². The smallest absolute Gasteiger partial charge is 0.273 e. The summed E-state index contributed by atoms with van der Waals surface area (Å²) < 4.78 is 31.2. The van der Waals surface area contributed by atoms with Crippen LogP contribution in [0.3, 0.4) is 0 Å². The fourth-order valence-electron chi connectivity index (χ4n) is 1.46. The molecule has 0 amide bonds. The molecular weight excluding hydrogens is 277 g/mol. The molecule has 72 valence electrons. The predicted molar refractivity (Wildman–Crippen MR) is 51.8 cm³/mol. The van der Waals surface area contributed by atoms with Crippen LogP contribution in [0.2, 0.25) is 0 Å². The fraction of sp³-hybridized carbons (Fsp3) is 1.00. The van der Waals surface area contributed by atoms with Crippen molar-refractivity contribution in [1.82, 2.24) is 0 Å². The highest BCUT2D eigenvalue weighted by atomic mass is 127. The summed E-state index contributed by atoms with van der Waals surface area (Å²) in [5.74, 6) is -2.60. The molecule has 0 aromatic carbocycles. The van der Waals surface area contributed by atoms with Gasteiger partial charge in [0, 0.05) is 6.42 Å². The molecule has 1 aliphatic carbocycles. The normalized spacial score (nSPS) is 31.5. The molecule has 0 heterocycles. The van der Waals surface area contributed by atoms with Gasteiger partial charge in [0.05, 0.1) is 0 Å². The topological polar surface area (TPSA) is 9.23 Å². The molecule has 0 aromatic heterocycles. The third-order valence-electron chi connectivity index (χ3n) is 2.05. The maximum Gasteiger partial charge on any atom is 0.273 e. The van der Waals surface area contributed by atoms with Gasteiger partial charge in [-0.25, -0.2) is 8.78 Å². The number of rotatable bonds is 2. The summed E-state index contributed by atoms with van der Waals surface area (Å²) in [6.07, 6.45) is 1.13. The van der Waals surface area contributed by atoms with Gasteiger partial charge in [0.15, 0.2) is 0 Å². The zero-order valence-electron chi connectivity index (χ0n) is 7.03. The van der Waals surface area contributed by atoms with Crippen molar-refractivity contribution < 1.29 is 13.5 Å². The monoisotopic (exact) mass is 290 g/mol. The first-order chi connectivity index (χ1) is 5.52. The van der Waals surface area contributed by atoms with Crippen LogP contribution in [0.15, 0.2) is 0 Å². The first-order valence-electron chi connectivity index (χ1n) is 4.20. The molecular formula is C8H13F2IO. The lowest BCUT2D eigenvalue weighted by Crippen LogP contribution is -2.39. The molecule has 0 bridgehead atoms. The van der Waals surface area contributed by atoms with Crippen LogP contribution in [-0.2, 0) is 4.74 Å². The summed E-state index contributed by atoms with van der Waals surface area (Å²) in [6, 6.07) is 0. The van der Waals surface area contributed by atoms with Gasteiger partial charge in [-0.05, 0) is 19.8 Å². The standard InChI is InChI=1S/C8H13F2IO/c1-6(11)12-7-4-2-3-5-8(7,9)10/h6-7H,2-5H2,1H3. The van der Waals surface area contributed by atoms with Gasteiger partial charge < -0.3 is 4.74 Å². The van der Waals surface area contributed by atoms with Crippen molar-refractivity contribution in [2.24, 2.45) is 0 Å². The summed E-state index contributed by atoms with van der Waals surface area (Å²) >= 11 is 2.01. The van der Waals surface area contributed by atoms with Crippen LogP contribution in [0.5, 0.6) is 0 Å². The molecule has 1 nitrogen and oxygen atoms in total. The first-order valence-corrected chi connectivity index (χ1v) is 5.44. The quantitative estimate of drug-likeness (QED) is 0.559. The Bertz CT molecular complexity index is 150. The van der Waals surface area contributed by atoms with E-state index in [0.717, 1.165) is 6.42 Å². The Morgan fingerprint density at radius 3 is 2.67 bits per heavy atom. The van der Waals surface area contributed by atoms with E-state index in [1.165, 1.54) is 0 Å². The van der Waals surface area contributed by atoms with Crippen molar-refractivity contribution in [1.29, 1.82) is 0 Å². The molecule has 0 N–H and O–H groups in total. The van der Waals surface area contributed by atoms with E-state index >= 15 is 0 Å². The second-order valence-corrected chi connectivity index (χ2v) is 4.93. The third kappa shape index (κ3) is 2.80. The van der Waals surface area contributed by atoms with Crippen molar-refractivity contribution in [2.45, 2.75) is 48.7 Å². The Kier molecular flexibility index (Phi) is 3.70. The van der Waals surface area contributed by atoms with Crippen LogP contribution in [0.25, 0.3) is 0 Å². The summed E-state index contributed by atoms with van der Waals surface area (Å²) in [6.45, 7) is 1.78. The molecule has 2 unspecified atom stereocenters. The van der Waals surface area contributed by atoms with Crippen molar-refractivity contribution in [3.05, 3.63) is 0 Å². The minimum absolute atomic E-state index is 0.0129. The minimum atomic E-state index is -2.60. The fourth-order valence-corrected chi connectivity index (χ4v) is 1.81. The molecule has 0 aromatic rings. The largest absolute Gasteiger partial charge is 0.359 e. The van der Waals surface area contributed by atoms with Gasteiger partial charge in [0.2, 0.25) is 0 Å². The van der Waals surface area contributed by atoms with Crippen LogP contribution in [-0.4, -0.2) is 16.1 Å². The minimum Gasteiger partial charge on any atom is -0.359 e. The number of halogens is 3. The highest BCUT2D eigenvalue weighted by Crippen LogP contribution is 2.36. The number of hydrogen-bond acceptors (Lipinski definition) is 1. The van der Waals surface area contributed by atoms with E-state index in [1.54, 1.807) is 6.92 Å². The summed E-state index contributed by atoms with van der Waals surface area (Å²) in [5.41, 5.74) is 0. The molecule has 0 saturated heterocycles. The van der Waals surface area contributed by atoms with E-state index in [0.29, 0.717) is 12.8 Å². The molecule has 1 fully saturated rings. The number of hydrogen-bond donors (Lipinski definition) is 0. The van der Waals surface area contributed by atoms with Crippen LogP contribution >= 0.6 is 22.6 Å². The van der Waals surface area contributed by atoms with Crippen molar-refractivity contribution >= 4 is 22.6 Å². The van der Waals surface area contributed by atoms with E-state index in [2.05, 4.69) is 0 Å². The SMILES string of the molecule is CC(I)OC1CCCCC1(F)F. The molecule has 1 aliphatic rings. The second kappa shape index (κ2) is 4.17. The van der Waals surface area contributed by atoms with E-state index < -0.39 is 12.0 Å². The van der Waals surface area contributed by atoms with Gasteiger partial charge in [-0.3, -0.25) is 0 Å². The number of alkyl halides is 3. The number of ether oxygens (including phenoxy) is 1. The molecule has 0 radical (unpaired) electrons. The zero-order chi connectivity index (χ0) is 9.19. The highest BCUT2D eigenvalue weighted by Gasteiger charge is 2.42.